The maximum atomic E-state index is 11.3. The van der Waals surface area contributed by atoms with E-state index in [-0.39, 0.29) is 17.9 Å². The Balaban J connectivity index is 2.30. The quantitative estimate of drug-likeness (QED) is 0.815. The molecule has 6 heteroatoms. The van der Waals surface area contributed by atoms with Crippen molar-refractivity contribution in [2.75, 3.05) is 11.4 Å². The summed E-state index contributed by atoms with van der Waals surface area (Å²) in [6, 6.07) is 2.31. The lowest BCUT2D eigenvalue weighted by Gasteiger charge is -2.37. The second-order valence-electron chi connectivity index (χ2n) is 4.55. The molecular formula is C12H15N5O. The van der Waals surface area contributed by atoms with Gasteiger partial charge in [-0.1, -0.05) is 0 Å². The topological polar surface area (TPSA) is 95.9 Å². The van der Waals surface area contributed by atoms with Gasteiger partial charge in [-0.3, -0.25) is 4.79 Å². The Kier molecular flexibility index (Phi) is 3.42. The fourth-order valence-electron chi connectivity index (χ4n) is 2.27. The van der Waals surface area contributed by atoms with E-state index < -0.39 is 0 Å². The van der Waals surface area contributed by atoms with Crippen molar-refractivity contribution < 1.29 is 4.79 Å². The third-order valence-corrected chi connectivity index (χ3v) is 3.37. The van der Waals surface area contributed by atoms with Crippen LogP contribution in [0.5, 0.6) is 0 Å². The molecule has 2 unspecified atom stereocenters. The highest BCUT2D eigenvalue weighted by Crippen LogP contribution is 2.27. The first-order chi connectivity index (χ1) is 8.63. The van der Waals surface area contributed by atoms with E-state index in [1.165, 1.54) is 12.5 Å². The van der Waals surface area contributed by atoms with Crippen molar-refractivity contribution in [3.8, 4) is 6.07 Å². The Hall–Kier alpha value is -2.16. The number of aromatic nitrogens is 2. The van der Waals surface area contributed by atoms with Gasteiger partial charge in [0.1, 0.15) is 23.8 Å². The Morgan fingerprint density at radius 1 is 1.61 bits per heavy atom. The van der Waals surface area contributed by atoms with Gasteiger partial charge >= 0.3 is 0 Å². The Morgan fingerprint density at radius 3 is 3.06 bits per heavy atom. The molecule has 2 rings (SSSR count). The van der Waals surface area contributed by atoms with Gasteiger partial charge in [0.15, 0.2) is 0 Å². The minimum Gasteiger partial charge on any atom is -0.369 e. The Morgan fingerprint density at radius 2 is 2.39 bits per heavy atom. The summed E-state index contributed by atoms with van der Waals surface area (Å²) in [7, 11) is 0. The predicted octanol–water partition coefficient (Wildman–Crippen LogP) is 0.438. The van der Waals surface area contributed by atoms with Crippen molar-refractivity contribution >= 4 is 11.7 Å². The zero-order chi connectivity index (χ0) is 13.1. The van der Waals surface area contributed by atoms with Crippen molar-refractivity contribution in [3.05, 3.63) is 18.1 Å². The summed E-state index contributed by atoms with van der Waals surface area (Å²) in [5, 5.41) is 9.06. The first-order valence-corrected chi connectivity index (χ1v) is 5.89. The summed E-state index contributed by atoms with van der Waals surface area (Å²) in [4.78, 5) is 21.3. The molecule has 2 atom stereocenters. The average molecular weight is 245 g/mol. The Labute approximate surface area is 105 Å². The van der Waals surface area contributed by atoms with E-state index in [4.69, 9.17) is 11.0 Å². The SMILES string of the molecule is CC1CCC(C(N)=O)CN1c1ncncc1C#N. The number of primary amides is 1. The lowest BCUT2D eigenvalue weighted by molar-refractivity contribution is -0.122. The number of hydrogen-bond donors (Lipinski definition) is 1. The maximum Gasteiger partial charge on any atom is 0.222 e. The smallest absolute Gasteiger partial charge is 0.222 e. The fraction of sp³-hybridized carbons (Fsp3) is 0.500. The van der Waals surface area contributed by atoms with Crippen LogP contribution in [0.1, 0.15) is 25.3 Å². The summed E-state index contributed by atoms with van der Waals surface area (Å²) in [6.07, 6.45) is 4.56. The number of amides is 1. The molecule has 0 spiro atoms. The highest BCUT2D eigenvalue weighted by molar-refractivity contribution is 5.77. The van der Waals surface area contributed by atoms with Gasteiger partial charge in [-0.25, -0.2) is 9.97 Å². The van der Waals surface area contributed by atoms with E-state index >= 15 is 0 Å². The summed E-state index contributed by atoms with van der Waals surface area (Å²) in [6.45, 7) is 2.57. The number of nitrogens with zero attached hydrogens (tertiary/aromatic N) is 4. The molecule has 0 aromatic carbocycles. The molecule has 0 radical (unpaired) electrons. The number of nitrogens with two attached hydrogens (primary N) is 1. The van der Waals surface area contributed by atoms with Crippen molar-refractivity contribution in [1.82, 2.24) is 9.97 Å². The van der Waals surface area contributed by atoms with Gasteiger partial charge in [-0.2, -0.15) is 5.26 Å². The van der Waals surface area contributed by atoms with Crippen LogP contribution >= 0.6 is 0 Å². The molecule has 94 valence electrons. The molecule has 2 N–H and O–H groups in total. The minimum atomic E-state index is -0.292. The summed E-state index contributed by atoms with van der Waals surface area (Å²) < 4.78 is 0. The number of rotatable bonds is 2. The molecule has 1 fully saturated rings. The lowest BCUT2D eigenvalue weighted by atomic mass is 9.92. The van der Waals surface area contributed by atoms with Crippen LogP contribution in [0.4, 0.5) is 5.82 Å². The van der Waals surface area contributed by atoms with Crippen molar-refractivity contribution in [2.45, 2.75) is 25.8 Å². The van der Waals surface area contributed by atoms with Gasteiger partial charge in [0, 0.05) is 12.6 Å². The van der Waals surface area contributed by atoms with E-state index in [9.17, 15) is 4.79 Å². The molecule has 1 aromatic rings. The molecule has 0 aliphatic carbocycles. The van der Waals surface area contributed by atoms with Crippen LogP contribution in [0.15, 0.2) is 12.5 Å². The molecule has 1 aliphatic rings. The van der Waals surface area contributed by atoms with Crippen LogP contribution in [-0.2, 0) is 4.79 Å². The van der Waals surface area contributed by atoms with Crippen LogP contribution in [0.3, 0.4) is 0 Å². The van der Waals surface area contributed by atoms with Gasteiger partial charge < -0.3 is 10.6 Å². The third-order valence-electron chi connectivity index (χ3n) is 3.37. The molecular weight excluding hydrogens is 230 g/mol. The van der Waals surface area contributed by atoms with Crippen LogP contribution in [0.2, 0.25) is 0 Å². The maximum absolute atomic E-state index is 11.3. The van der Waals surface area contributed by atoms with E-state index in [1.807, 2.05) is 4.90 Å². The van der Waals surface area contributed by atoms with Gasteiger partial charge in [-0.05, 0) is 19.8 Å². The number of anilines is 1. The Bertz CT molecular complexity index is 495. The zero-order valence-electron chi connectivity index (χ0n) is 10.2. The van der Waals surface area contributed by atoms with E-state index in [2.05, 4.69) is 23.0 Å². The summed E-state index contributed by atoms with van der Waals surface area (Å²) >= 11 is 0. The number of carbonyl (C=O) groups excluding carboxylic acids is 1. The van der Waals surface area contributed by atoms with Crippen molar-refractivity contribution in [2.24, 2.45) is 11.7 Å². The van der Waals surface area contributed by atoms with Crippen LogP contribution in [0, 0.1) is 17.2 Å². The molecule has 6 nitrogen and oxygen atoms in total. The van der Waals surface area contributed by atoms with Crippen LogP contribution < -0.4 is 10.6 Å². The molecule has 2 heterocycles. The molecule has 18 heavy (non-hydrogen) atoms. The molecule has 1 aromatic heterocycles. The third kappa shape index (κ3) is 2.25. The number of piperidine rings is 1. The molecule has 1 amide bonds. The normalized spacial score (nSPS) is 23.4. The molecule has 0 saturated carbocycles. The van der Waals surface area contributed by atoms with E-state index in [0.29, 0.717) is 17.9 Å². The number of hydrogen-bond acceptors (Lipinski definition) is 5. The number of carbonyl (C=O) groups is 1. The standard InChI is InChI=1S/C12H15N5O/c1-8-2-3-9(11(14)18)6-17(8)12-10(4-13)5-15-7-16-12/h5,7-9H,2-3,6H2,1H3,(H2,14,18). The van der Waals surface area contributed by atoms with Crippen molar-refractivity contribution in [1.29, 1.82) is 5.26 Å². The highest BCUT2D eigenvalue weighted by atomic mass is 16.1. The van der Waals surface area contributed by atoms with Crippen LogP contribution in [-0.4, -0.2) is 28.5 Å². The van der Waals surface area contributed by atoms with E-state index in [0.717, 1.165) is 12.8 Å². The number of nitriles is 1. The van der Waals surface area contributed by atoms with Gasteiger partial charge in [0.05, 0.1) is 12.1 Å². The second kappa shape index (κ2) is 5.00. The summed E-state index contributed by atoms with van der Waals surface area (Å²) in [5.41, 5.74) is 5.79. The first-order valence-electron chi connectivity index (χ1n) is 5.89. The summed E-state index contributed by atoms with van der Waals surface area (Å²) in [5.74, 6) is 0.119. The predicted molar refractivity (Wildman–Crippen MR) is 65.5 cm³/mol. The minimum absolute atomic E-state index is 0.178. The lowest BCUT2D eigenvalue weighted by Crippen LogP contribution is -2.46. The van der Waals surface area contributed by atoms with E-state index in [1.54, 1.807) is 0 Å². The second-order valence-corrected chi connectivity index (χ2v) is 4.55. The van der Waals surface area contributed by atoms with Gasteiger partial charge in [0.2, 0.25) is 5.91 Å². The molecule has 0 bridgehead atoms. The monoisotopic (exact) mass is 245 g/mol. The van der Waals surface area contributed by atoms with Gasteiger partial charge in [-0.15, -0.1) is 0 Å². The average Bonchev–Trinajstić information content (AvgIpc) is 2.39. The molecule has 1 aliphatic heterocycles. The van der Waals surface area contributed by atoms with Gasteiger partial charge in [0.25, 0.3) is 0 Å². The largest absolute Gasteiger partial charge is 0.369 e. The molecule has 1 saturated heterocycles. The van der Waals surface area contributed by atoms with Crippen molar-refractivity contribution in [3.63, 3.8) is 0 Å². The zero-order valence-corrected chi connectivity index (χ0v) is 10.2. The highest BCUT2D eigenvalue weighted by Gasteiger charge is 2.30. The fourth-order valence-corrected chi connectivity index (χ4v) is 2.27. The first kappa shape index (κ1) is 12.3. The van der Waals surface area contributed by atoms with Crippen LogP contribution in [0.25, 0.3) is 0 Å².